The third kappa shape index (κ3) is 3.69. The van der Waals surface area contributed by atoms with Gasteiger partial charge in [0.1, 0.15) is 0 Å². The molecule has 0 aliphatic heterocycles. The maximum absolute atomic E-state index is 9.83. The topological polar surface area (TPSA) is 45.1 Å². The van der Waals surface area contributed by atoms with Crippen molar-refractivity contribution in [3.8, 4) is 11.1 Å². The summed E-state index contributed by atoms with van der Waals surface area (Å²) in [6.45, 7) is 1.75. The Kier molecular flexibility index (Phi) is 4.63. The molecular formula is C18H22N2O. The molecule has 1 aliphatic rings. The molecule has 0 spiro atoms. The van der Waals surface area contributed by atoms with Crippen LogP contribution in [0.4, 0.5) is 0 Å². The second-order valence-electron chi connectivity index (χ2n) is 5.83. The van der Waals surface area contributed by atoms with E-state index in [1.807, 2.05) is 12.3 Å². The van der Waals surface area contributed by atoms with Crippen LogP contribution >= 0.6 is 0 Å². The first-order valence-corrected chi connectivity index (χ1v) is 7.71. The second kappa shape index (κ2) is 6.83. The Hall–Kier alpha value is -1.71. The van der Waals surface area contributed by atoms with Gasteiger partial charge in [-0.2, -0.15) is 0 Å². The fourth-order valence-electron chi connectivity index (χ4n) is 3.05. The predicted molar refractivity (Wildman–Crippen MR) is 84.7 cm³/mol. The van der Waals surface area contributed by atoms with E-state index in [0.717, 1.165) is 37.9 Å². The van der Waals surface area contributed by atoms with Gasteiger partial charge >= 0.3 is 0 Å². The van der Waals surface area contributed by atoms with Crippen molar-refractivity contribution in [3.05, 3.63) is 54.4 Å². The van der Waals surface area contributed by atoms with Crippen LogP contribution in [0.2, 0.25) is 0 Å². The minimum absolute atomic E-state index is 0.112. The predicted octanol–water partition coefficient (Wildman–Crippen LogP) is 3.00. The van der Waals surface area contributed by atoms with E-state index >= 15 is 0 Å². The van der Waals surface area contributed by atoms with E-state index in [4.69, 9.17) is 0 Å². The van der Waals surface area contributed by atoms with Crippen LogP contribution in [0.15, 0.2) is 48.8 Å². The van der Waals surface area contributed by atoms with Crippen molar-refractivity contribution in [1.29, 1.82) is 0 Å². The van der Waals surface area contributed by atoms with E-state index in [1.54, 1.807) is 6.20 Å². The van der Waals surface area contributed by atoms with Crippen LogP contribution in [0, 0.1) is 5.92 Å². The van der Waals surface area contributed by atoms with Crippen molar-refractivity contribution in [3.63, 3.8) is 0 Å². The average Bonchev–Trinajstić information content (AvgIpc) is 2.94. The van der Waals surface area contributed by atoms with Crippen LogP contribution in [-0.2, 0) is 6.54 Å². The molecule has 3 rings (SSSR count). The minimum atomic E-state index is -0.112. The van der Waals surface area contributed by atoms with Crippen LogP contribution in [0.3, 0.4) is 0 Å². The third-order valence-electron chi connectivity index (χ3n) is 4.28. The van der Waals surface area contributed by atoms with Crippen molar-refractivity contribution >= 4 is 0 Å². The van der Waals surface area contributed by atoms with Crippen molar-refractivity contribution < 1.29 is 5.11 Å². The zero-order valence-corrected chi connectivity index (χ0v) is 12.2. The van der Waals surface area contributed by atoms with Gasteiger partial charge in [0.25, 0.3) is 0 Å². The van der Waals surface area contributed by atoms with Crippen LogP contribution < -0.4 is 5.32 Å². The molecule has 2 atom stereocenters. The van der Waals surface area contributed by atoms with E-state index < -0.39 is 0 Å². The van der Waals surface area contributed by atoms with Crippen LogP contribution in [0.5, 0.6) is 0 Å². The van der Waals surface area contributed by atoms with Gasteiger partial charge < -0.3 is 10.4 Å². The summed E-state index contributed by atoms with van der Waals surface area (Å²) in [5.74, 6) is 0.423. The monoisotopic (exact) mass is 282 g/mol. The molecule has 0 amide bonds. The molecule has 3 nitrogen and oxygen atoms in total. The first-order valence-electron chi connectivity index (χ1n) is 7.71. The zero-order chi connectivity index (χ0) is 14.5. The van der Waals surface area contributed by atoms with E-state index in [1.165, 1.54) is 11.1 Å². The summed E-state index contributed by atoms with van der Waals surface area (Å²) >= 11 is 0. The number of aromatic nitrogens is 1. The number of pyridine rings is 1. The maximum Gasteiger partial charge on any atom is 0.0580 e. The highest BCUT2D eigenvalue weighted by Gasteiger charge is 2.24. The lowest BCUT2D eigenvalue weighted by molar-refractivity contribution is 0.131. The number of rotatable bonds is 5. The molecule has 1 aromatic heterocycles. The Morgan fingerprint density at radius 2 is 2.05 bits per heavy atom. The van der Waals surface area contributed by atoms with Gasteiger partial charge in [0.15, 0.2) is 0 Å². The van der Waals surface area contributed by atoms with E-state index in [2.05, 4.69) is 40.6 Å². The smallest absolute Gasteiger partial charge is 0.0580 e. The van der Waals surface area contributed by atoms with Gasteiger partial charge in [0.05, 0.1) is 6.10 Å². The van der Waals surface area contributed by atoms with Crippen LogP contribution in [0.25, 0.3) is 11.1 Å². The molecule has 0 saturated heterocycles. The highest BCUT2D eigenvalue weighted by molar-refractivity contribution is 5.62. The van der Waals surface area contributed by atoms with Gasteiger partial charge in [-0.3, -0.25) is 4.98 Å². The standard InChI is InChI=1S/C18H22N2O/c21-18-8-2-6-17(18)13-20-11-14-4-1-5-15(10-14)16-7-3-9-19-12-16/h1,3-5,7,9-10,12,17-18,20-21H,2,6,8,11,13H2. The molecule has 1 saturated carbocycles. The van der Waals surface area contributed by atoms with Crippen molar-refractivity contribution in [2.45, 2.75) is 31.9 Å². The van der Waals surface area contributed by atoms with Gasteiger partial charge in [-0.15, -0.1) is 0 Å². The number of hydrogen-bond acceptors (Lipinski definition) is 3. The minimum Gasteiger partial charge on any atom is -0.393 e. The number of aliphatic hydroxyl groups is 1. The lowest BCUT2D eigenvalue weighted by atomic mass is 10.0. The molecule has 2 N–H and O–H groups in total. The summed E-state index contributed by atoms with van der Waals surface area (Å²) in [5, 5.41) is 13.3. The fraction of sp³-hybridized carbons (Fsp3) is 0.389. The van der Waals surface area contributed by atoms with E-state index in [0.29, 0.717) is 5.92 Å². The lowest BCUT2D eigenvalue weighted by Crippen LogP contribution is -2.27. The number of hydrogen-bond donors (Lipinski definition) is 2. The molecule has 1 heterocycles. The van der Waals surface area contributed by atoms with E-state index in [9.17, 15) is 5.11 Å². The summed E-state index contributed by atoms with van der Waals surface area (Å²) in [5.41, 5.74) is 3.61. The molecule has 1 fully saturated rings. The Morgan fingerprint density at radius 3 is 2.81 bits per heavy atom. The number of nitrogens with zero attached hydrogens (tertiary/aromatic N) is 1. The van der Waals surface area contributed by atoms with Gasteiger partial charge in [-0.1, -0.05) is 30.7 Å². The quantitative estimate of drug-likeness (QED) is 0.886. The first-order chi connectivity index (χ1) is 10.3. The first kappa shape index (κ1) is 14.2. The highest BCUT2D eigenvalue weighted by Crippen LogP contribution is 2.25. The molecule has 0 bridgehead atoms. The van der Waals surface area contributed by atoms with Crippen LogP contribution in [0.1, 0.15) is 24.8 Å². The molecule has 21 heavy (non-hydrogen) atoms. The zero-order valence-electron chi connectivity index (χ0n) is 12.2. The molecule has 1 aromatic carbocycles. The maximum atomic E-state index is 9.83. The molecule has 1 aliphatic carbocycles. The van der Waals surface area contributed by atoms with Gasteiger partial charge in [0.2, 0.25) is 0 Å². The van der Waals surface area contributed by atoms with E-state index in [-0.39, 0.29) is 6.10 Å². The van der Waals surface area contributed by atoms with Crippen molar-refractivity contribution in [2.24, 2.45) is 5.92 Å². The second-order valence-corrected chi connectivity index (χ2v) is 5.83. The SMILES string of the molecule is OC1CCCC1CNCc1cccc(-c2cccnc2)c1. The number of aliphatic hydroxyl groups excluding tert-OH is 1. The average molecular weight is 282 g/mol. The summed E-state index contributed by atoms with van der Waals surface area (Å²) in [6, 6.07) is 12.6. The Morgan fingerprint density at radius 1 is 1.14 bits per heavy atom. The third-order valence-corrected chi connectivity index (χ3v) is 4.28. The molecule has 3 heteroatoms. The van der Waals surface area contributed by atoms with Gasteiger partial charge in [0, 0.05) is 25.5 Å². The molecule has 0 radical (unpaired) electrons. The number of benzene rings is 1. The number of nitrogens with one attached hydrogen (secondary N) is 1. The van der Waals surface area contributed by atoms with Gasteiger partial charge in [-0.25, -0.2) is 0 Å². The summed E-state index contributed by atoms with van der Waals surface area (Å²) in [7, 11) is 0. The molecule has 2 unspecified atom stereocenters. The summed E-state index contributed by atoms with van der Waals surface area (Å²) < 4.78 is 0. The van der Waals surface area contributed by atoms with Crippen molar-refractivity contribution in [1.82, 2.24) is 10.3 Å². The molecular weight excluding hydrogens is 260 g/mol. The van der Waals surface area contributed by atoms with Crippen LogP contribution in [-0.4, -0.2) is 22.7 Å². The normalized spacial score (nSPS) is 21.6. The Labute approximate surface area is 126 Å². The fourth-order valence-corrected chi connectivity index (χ4v) is 3.05. The highest BCUT2D eigenvalue weighted by atomic mass is 16.3. The molecule has 2 aromatic rings. The Balaban J connectivity index is 1.59. The largest absolute Gasteiger partial charge is 0.393 e. The van der Waals surface area contributed by atoms with Crippen molar-refractivity contribution in [2.75, 3.05) is 6.54 Å². The Bertz CT molecular complexity index is 570. The summed E-state index contributed by atoms with van der Waals surface area (Å²) in [4.78, 5) is 4.17. The lowest BCUT2D eigenvalue weighted by Gasteiger charge is -2.15. The molecule has 110 valence electrons. The van der Waals surface area contributed by atoms with Gasteiger partial charge in [-0.05, 0) is 47.6 Å². The summed E-state index contributed by atoms with van der Waals surface area (Å²) in [6.07, 6.45) is 6.83.